The number of nitrogens with zero attached hydrogens (tertiary/aromatic N) is 2. The molecule has 6 heteroatoms. The molecule has 0 bridgehead atoms. The third-order valence-corrected chi connectivity index (χ3v) is 4.98. The minimum atomic E-state index is -0.287. The topological polar surface area (TPSA) is 57.3 Å². The molecule has 0 spiro atoms. The van der Waals surface area contributed by atoms with Crippen LogP contribution in [0.2, 0.25) is 5.02 Å². The Morgan fingerprint density at radius 3 is 2.68 bits per heavy atom. The van der Waals surface area contributed by atoms with E-state index in [1.165, 1.54) is 7.11 Å². The maximum Gasteiger partial charge on any atom is 0.305 e. The van der Waals surface area contributed by atoms with Crippen molar-refractivity contribution in [3.8, 4) is 22.7 Å². The lowest BCUT2D eigenvalue weighted by Crippen LogP contribution is -2.02. The molecule has 0 saturated heterocycles. The van der Waals surface area contributed by atoms with Crippen molar-refractivity contribution in [3.63, 3.8) is 0 Å². The van der Waals surface area contributed by atoms with Crippen molar-refractivity contribution in [1.29, 1.82) is 0 Å². The van der Waals surface area contributed by atoms with Gasteiger partial charge in [-0.2, -0.15) is 0 Å². The van der Waals surface area contributed by atoms with E-state index in [0.717, 1.165) is 22.0 Å². The molecule has 2 heterocycles. The molecule has 0 unspecified atom stereocenters. The summed E-state index contributed by atoms with van der Waals surface area (Å²) in [6.45, 7) is 0. The zero-order chi connectivity index (χ0) is 19.7. The summed E-state index contributed by atoms with van der Waals surface area (Å²) in [7, 11) is 3.37. The molecular weight excluding hydrogens is 376 g/mol. The SMILES string of the molecule is COC(=O)CCc1oc(-c2cn(C)c3ccccc23)nc1-c1ccc(Cl)cc1. The lowest BCUT2D eigenvalue weighted by molar-refractivity contribution is -0.140. The minimum Gasteiger partial charge on any atom is -0.469 e. The van der Waals surface area contributed by atoms with Crippen LogP contribution in [0.3, 0.4) is 0 Å². The first-order valence-electron chi connectivity index (χ1n) is 8.93. The second-order valence-corrected chi connectivity index (χ2v) is 6.98. The van der Waals surface area contributed by atoms with Gasteiger partial charge in [-0.05, 0) is 18.2 Å². The predicted octanol–water partition coefficient (Wildman–Crippen LogP) is 5.26. The molecule has 2 aromatic carbocycles. The van der Waals surface area contributed by atoms with Gasteiger partial charge in [0, 0.05) is 41.2 Å². The first-order chi connectivity index (χ1) is 13.6. The second-order valence-electron chi connectivity index (χ2n) is 6.54. The summed E-state index contributed by atoms with van der Waals surface area (Å²) in [5, 5.41) is 1.71. The van der Waals surface area contributed by atoms with Gasteiger partial charge in [0.05, 0.1) is 19.1 Å². The molecule has 0 aliphatic rings. The number of esters is 1. The van der Waals surface area contributed by atoms with E-state index in [4.69, 9.17) is 25.7 Å². The summed E-state index contributed by atoms with van der Waals surface area (Å²) in [5.41, 5.74) is 3.61. The van der Waals surface area contributed by atoms with Crippen LogP contribution in [0.25, 0.3) is 33.6 Å². The van der Waals surface area contributed by atoms with E-state index < -0.39 is 0 Å². The van der Waals surface area contributed by atoms with E-state index in [0.29, 0.717) is 28.8 Å². The molecule has 142 valence electrons. The van der Waals surface area contributed by atoms with Gasteiger partial charge in [0.15, 0.2) is 0 Å². The number of benzene rings is 2. The van der Waals surface area contributed by atoms with Crippen LogP contribution in [0.1, 0.15) is 12.2 Å². The van der Waals surface area contributed by atoms with E-state index in [2.05, 4.69) is 6.07 Å². The third-order valence-electron chi connectivity index (χ3n) is 4.73. The van der Waals surface area contributed by atoms with Crippen molar-refractivity contribution in [2.75, 3.05) is 7.11 Å². The number of hydrogen-bond donors (Lipinski definition) is 0. The number of para-hydroxylation sites is 1. The van der Waals surface area contributed by atoms with Crippen LogP contribution in [-0.4, -0.2) is 22.6 Å². The number of aromatic nitrogens is 2. The highest BCUT2D eigenvalue weighted by Crippen LogP contribution is 2.34. The molecule has 0 aliphatic heterocycles. The zero-order valence-corrected chi connectivity index (χ0v) is 16.4. The largest absolute Gasteiger partial charge is 0.469 e. The predicted molar refractivity (Wildman–Crippen MR) is 109 cm³/mol. The third kappa shape index (κ3) is 3.41. The Kier molecular flexibility index (Phi) is 4.92. The van der Waals surface area contributed by atoms with E-state index in [1.54, 1.807) is 0 Å². The van der Waals surface area contributed by atoms with Crippen LogP contribution < -0.4 is 0 Å². The number of fused-ring (bicyclic) bond motifs is 1. The standard InChI is InChI=1S/C22H19ClN2O3/c1-25-13-17(16-5-3-4-6-18(16)25)22-24-21(14-7-9-15(23)10-8-14)19(28-22)11-12-20(26)27-2/h3-10,13H,11-12H2,1-2H3. The number of halogens is 1. The normalized spacial score (nSPS) is 11.1. The molecule has 28 heavy (non-hydrogen) atoms. The van der Waals surface area contributed by atoms with Gasteiger partial charge in [-0.25, -0.2) is 4.98 Å². The van der Waals surface area contributed by atoms with Gasteiger partial charge in [-0.1, -0.05) is 41.9 Å². The Labute approximate surface area is 167 Å². The summed E-state index contributed by atoms with van der Waals surface area (Å²) >= 11 is 6.02. The molecule has 5 nitrogen and oxygen atoms in total. The summed E-state index contributed by atoms with van der Waals surface area (Å²) in [5.74, 6) is 0.891. The molecule has 2 aromatic heterocycles. The number of rotatable bonds is 5. The molecular formula is C22H19ClN2O3. The smallest absolute Gasteiger partial charge is 0.305 e. The Bertz CT molecular complexity index is 1140. The van der Waals surface area contributed by atoms with Crippen LogP contribution in [0.5, 0.6) is 0 Å². The van der Waals surface area contributed by atoms with Crippen LogP contribution in [-0.2, 0) is 23.0 Å². The van der Waals surface area contributed by atoms with Crippen molar-refractivity contribution in [1.82, 2.24) is 9.55 Å². The second kappa shape index (κ2) is 7.52. The molecule has 0 aliphatic carbocycles. The van der Waals surface area contributed by atoms with Crippen molar-refractivity contribution < 1.29 is 13.9 Å². The molecule has 0 fully saturated rings. The maximum atomic E-state index is 11.6. The molecule has 0 radical (unpaired) electrons. The Hall–Kier alpha value is -3.05. The van der Waals surface area contributed by atoms with E-state index in [9.17, 15) is 4.79 Å². The number of hydrogen-bond acceptors (Lipinski definition) is 4. The summed E-state index contributed by atoms with van der Waals surface area (Å²) in [6.07, 6.45) is 2.63. The van der Waals surface area contributed by atoms with Crippen molar-refractivity contribution in [2.24, 2.45) is 7.05 Å². The Balaban J connectivity index is 1.82. The first kappa shape index (κ1) is 18.3. The highest BCUT2D eigenvalue weighted by Gasteiger charge is 2.20. The number of oxazole rings is 1. The van der Waals surface area contributed by atoms with E-state index in [1.807, 2.05) is 60.3 Å². The number of carbonyl (C=O) groups excluding carboxylic acids is 1. The number of carbonyl (C=O) groups is 1. The van der Waals surface area contributed by atoms with Crippen LogP contribution in [0.15, 0.2) is 59.1 Å². The molecule has 4 aromatic rings. The number of aryl methyl sites for hydroxylation is 2. The van der Waals surface area contributed by atoms with Gasteiger partial charge in [-0.15, -0.1) is 0 Å². The van der Waals surface area contributed by atoms with Crippen molar-refractivity contribution in [2.45, 2.75) is 12.8 Å². The Morgan fingerprint density at radius 1 is 1.18 bits per heavy atom. The van der Waals surface area contributed by atoms with Crippen molar-refractivity contribution >= 4 is 28.5 Å². The minimum absolute atomic E-state index is 0.223. The molecule has 4 rings (SSSR count). The molecule has 0 atom stereocenters. The summed E-state index contributed by atoms with van der Waals surface area (Å²) < 4.78 is 12.9. The highest BCUT2D eigenvalue weighted by molar-refractivity contribution is 6.30. The molecule has 0 amide bonds. The average molecular weight is 395 g/mol. The monoisotopic (exact) mass is 394 g/mol. The number of methoxy groups -OCH3 is 1. The fourth-order valence-electron chi connectivity index (χ4n) is 3.30. The van der Waals surface area contributed by atoms with Crippen LogP contribution >= 0.6 is 11.6 Å². The lowest BCUT2D eigenvalue weighted by Gasteiger charge is -2.01. The zero-order valence-electron chi connectivity index (χ0n) is 15.6. The molecule has 0 saturated carbocycles. The van der Waals surface area contributed by atoms with Gasteiger partial charge < -0.3 is 13.7 Å². The average Bonchev–Trinajstić information content (AvgIpc) is 3.28. The highest BCUT2D eigenvalue weighted by atomic mass is 35.5. The van der Waals surface area contributed by atoms with Gasteiger partial charge in [0.25, 0.3) is 0 Å². The van der Waals surface area contributed by atoms with Crippen LogP contribution in [0.4, 0.5) is 0 Å². The number of ether oxygens (including phenoxy) is 1. The fourth-order valence-corrected chi connectivity index (χ4v) is 3.43. The van der Waals surface area contributed by atoms with Crippen molar-refractivity contribution in [3.05, 3.63) is 65.5 Å². The fraction of sp³-hybridized carbons (Fsp3) is 0.182. The summed E-state index contributed by atoms with van der Waals surface area (Å²) in [4.78, 5) is 16.4. The summed E-state index contributed by atoms with van der Waals surface area (Å²) in [6, 6.07) is 15.5. The molecule has 0 N–H and O–H groups in total. The van der Waals surface area contributed by atoms with Gasteiger partial charge >= 0.3 is 5.97 Å². The van der Waals surface area contributed by atoms with Gasteiger partial charge in [0.1, 0.15) is 11.5 Å². The van der Waals surface area contributed by atoms with E-state index in [-0.39, 0.29) is 12.4 Å². The lowest BCUT2D eigenvalue weighted by atomic mass is 10.1. The van der Waals surface area contributed by atoms with Gasteiger partial charge in [-0.3, -0.25) is 4.79 Å². The maximum absolute atomic E-state index is 11.6. The van der Waals surface area contributed by atoms with E-state index >= 15 is 0 Å². The Morgan fingerprint density at radius 2 is 1.93 bits per heavy atom. The van der Waals surface area contributed by atoms with Crippen LogP contribution in [0, 0.1) is 0 Å². The van der Waals surface area contributed by atoms with Gasteiger partial charge in [0.2, 0.25) is 5.89 Å². The first-order valence-corrected chi connectivity index (χ1v) is 9.31. The quantitative estimate of drug-likeness (QED) is 0.433.